The van der Waals surface area contributed by atoms with Gasteiger partial charge in [0.15, 0.2) is 0 Å². The Bertz CT molecular complexity index is 221. The van der Waals surface area contributed by atoms with E-state index in [0.29, 0.717) is 31.3 Å². The van der Waals surface area contributed by atoms with E-state index >= 15 is 0 Å². The first-order chi connectivity index (χ1) is 7.13. The average molecular weight is 216 g/mol. The molecule has 4 nitrogen and oxygen atoms in total. The Labute approximate surface area is 90.2 Å². The van der Waals surface area contributed by atoms with Crippen LogP contribution in [0.1, 0.15) is 39.0 Å². The van der Waals surface area contributed by atoms with Gasteiger partial charge in [0.05, 0.1) is 0 Å². The standard InChI is InChI=1S/C11H20O4/c1-9(11(14)15)10(6-4-8-13)5-2-3-7-12/h12-13H,2-8H2,1H3,(H,14,15). The highest BCUT2D eigenvalue weighted by Gasteiger charge is 2.08. The number of rotatable bonds is 8. The third-order valence-corrected chi connectivity index (χ3v) is 2.37. The fourth-order valence-corrected chi connectivity index (χ4v) is 1.39. The summed E-state index contributed by atoms with van der Waals surface area (Å²) in [5.74, 6) is -0.896. The first-order valence-electron chi connectivity index (χ1n) is 5.27. The highest BCUT2D eigenvalue weighted by atomic mass is 16.4. The molecule has 0 aliphatic rings. The van der Waals surface area contributed by atoms with Crippen LogP contribution in [-0.4, -0.2) is 34.5 Å². The number of allylic oxidation sites excluding steroid dienone is 1. The summed E-state index contributed by atoms with van der Waals surface area (Å²) in [6, 6.07) is 0. The first-order valence-corrected chi connectivity index (χ1v) is 5.27. The molecule has 0 saturated carbocycles. The lowest BCUT2D eigenvalue weighted by Gasteiger charge is -2.08. The van der Waals surface area contributed by atoms with Crippen LogP contribution in [0, 0.1) is 0 Å². The average Bonchev–Trinajstić information content (AvgIpc) is 2.22. The lowest BCUT2D eigenvalue weighted by molar-refractivity contribution is -0.132. The summed E-state index contributed by atoms with van der Waals surface area (Å²) >= 11 is 0. The minimum atomic E-state index is -0.896. The summed E-state index contributed by atoms with van der Waals surface area (Å²) in [6.45, 7) is 1.81. The quantitative estimate of drug-likeness (QED) is 0.422. The number of unbranched alkanes of at least 4 members (excludes halogenated alkanes) is 1. The molecule has 0 unspecified atom stereocenters. The number of hydrogen-bond donors (Lipinski definition) is 3. The van der Waals surface area contributed by atoms with Crippen LogP contribution in [0.4, 0.5) is 0 Å². The minimum absolute atomic E-state index is 0.0798. The van der Waals surface area contributed by atoms with Crippen LogP contribution in [0.15, 0.2) is 11.1 Å². The normalized spacial score (nSPS) is 12.5. The van der Waals surface area contributed by atoms with E-state index in [1.165, 1.54) is 0 Å². The number of carbonyl (C=O) groups is 1. The molecule has 0 rings (SSSR count). The molecular weight excluding hydrogens is 196 g/mol. The van der Waals surface area contributed by atoms with Crippen molar-refractivity contribution in [3.8, 4) is 0 Å². The molecule has 3 N–H and O–H groups in total. The van der Waals surface area contributed by atoms with Gasteiger partial charge in [-0.05, 0) is 39.0 Å². The van der Waals surface area contributed by atoms with Gasteiger partial charge in [-0.25, -0.2) is 4.79 Å². The molecule has 88 valence electrons. The van der Waals surface area contributed by atoms with Gasteiger partial charge in [0.1, 0.15) is 0 Å². The maximum Gasteiger partial charge on any atom is 0.331 e. The maximum atomic E-state index is 10.8. The molecule has 0 saturated heterocycles. The molecule has 0 aliphatic carbocycles. The second-order valence-electron chi connectivity index (χ2n) is 3.54. The number of carboxylic acids is 1. The van der Waals surface area contributed by atoms with Gasteiger partial charge in [-0.2, -0.15) is 0 Å². The zero-order valence-corrected chi connectivity index (χ0v) is 9.20. The van der Waals surface area contributed by atoms with Gasteiger partial charge in [-0.1, -0.05) is 5.57 Å². The maximum absolute atomic E-state index is 10.8. The number of hydrogen-bond acceptors (Lipinski definition) is 3. The van der Waals surface area contributed by atoms with Crippen molar-refractivity contribution in [1.29, 1.82) is 0 Å². The second-order valence-corrected chi connectivity index (χ2v) is 3.54. The Balaban J connectivity index is 4.29. The van der Waals surface area contributed by atoms with E-state index in [0.717, 1.165) is 12.0 Å². The Hall–Kier alpha value is -0.870. The Morgan fingerprint density at radius 3 is 2.00 bits per heavy atom. The van der Waals surface area contributed by atoms with Crippen molar-refractivity contribution in [2.75, 3.05) is 13.2 Å². The van der Waals surface area contributed by atoms with E-state index in [1.54, 1.807) is 6.92 Å². The van der Waals surface area contributed by atoms with E-state index < -0.39 is 5.97 Å². The lowest BCUT2D eigenvalue weighted by Crippen LogP contribution is -2.03. The molecule has 0 atom stereocenters. The van der Waals surface area contributed by atoms with E-state index in [9.17, 15) is 4.79 Å². The van der Waals surface area contributed by atoms with Crippen LogP contribution in [0.3, 0.4) is 0 Å². The van der Waals surface area contributed by atoms with E-state index in [4.69, 9.17) is 15.3 Å². The Morgan fingerprint density at radius 2 is 1.53 bits per heavy atom. The van der Waals surface area contributed by atoms with Crippen molar-refractivity contribution in [3.63, 3.8) is 0 Å². The molecule has 0 aromatic heterocycles. The molecule has 0 aliphatic heterocycles. The van der Waals surface area contributed by atoms with Crippen molar-refractivity contribution in [1.82, 2.24) is 0 Å². The number of aliphatic carboxylic acids is 1. The molecule has 0 amide bonds. The summed E-state index contributed by atoms with van der Waals surface area (Å²) in [5.41, 5.74) is 1.26. The number of carboxylic acid groups (broad SMARTS) is 1. The van der Waals surface area contributed by atoms with Crippen molar-refractivity contribution >= 4 is 5.97 Å². The van der Waals surface area contributed by atoms with Gasteiger partial charge in [0.2, 0.25) is 0 Å². The van der Waals surface area contributed by atoms with E-state index in [1.807, 2.05) is 0 Å². The van der Waals surface area contributed by atoms with E-state index in [2.05, 4.69) is 0 Å². The lowest BCUT2D eigenvalue weighted by atomic mass is 9.98. The van der Waals surface area contributed by atoms with Gasteiger partial charge >= 0.3 is 5.97 Å². The molecule has 0 spiro atoms. The molecule has 0 fully saturated rings. The molecule has 0 aromatic carbocycles. The second kappa shape index (κ2) is 8.44. The SMILES string of the molecule is CC(C(=O)O)=C(CCCO)CCCCO. The van der Waals surface area contributed by atoms with Crippen LogP contribution in [0.2, 0.25) is 0 Å². The third-order valence-electron chi connectivity index (χ3n) is 2.37. The van der Waals surface area contributed by atoms with Crippen molar-refractivity contribution < 1.29 is 20.1 Å². The molecule has 0 aromatic rings. The van der Waals surface area contributed by atoms with Crippen molar-refractivity contribution in [2.24, 2.45) is 0 Å². The molecular formula is C11H20O4. The predicted molar refractivity (Wildman–Crippen MR) is 57.6 cm³/mol. The van der Waals surface area contributed by atoms with Crippen LogP contribution in [-0.2, 0) is 4.79 Å². The van der Waals surface area contributed by atoms with Gasteiger partial charge in [-0.15, -0.1) is 0 Å². The summed E-state index contributed by atoms with van der Waals surface area (Å²) in [7, 11) is 0. The largest absolute Gasteiger partial charge is 0.478 e. The topological polar surface area (TPSA) is 77.8 Å². The predicted octanol–water partition coefficient (Wildman–Crippen LogP) is 1.32. The monoisotopic (exact) mass is 216 g/mol. The van der Waals surface area contributed by atoms with Crippen molar-refractivity contribution in [2.45, 2.75) is 39.0 Å². The van der Waals surface area contributed by atoms with E-state index in [-0.39, 0.29) is 13.2 Å². The summed E-state index contributed by atoms with van der Waals surface area (Å²) < 4.78 is 0. The van der Waals surface area contributed by atoms with Gasteiger partial charge < -0.3 is 15.3 Å². The zero-order chi connectivity index (χ0) is 11.7. The highest BCUT2D eigenvalue weighted by molar-refractivity contribution is 5.86. The first kappa shape index (κ1) is 14.1. The van der Waals surface area contributed by atoms with Gasteiger partial charge in [-0.3, -0.25) is 0 Å². The third kappa shape index (κ3) is 6.25. The molecule has 15 heavy (non-hydrogen) atoms. The fourth-order valence-electron chi connectivity index (χ4n) is 1.39. The highest BCUT2D eigenvalue weighted by Crippen LogP contribution is 2.18. The van der Waals surface area contributed by atoms with Crippen LogP contribution >= 0.6 is 0 Å². The number of aliphatic hydroxyl groups excluding tert-OH is 2. The van der Waals surface area contributed by atoms with Crippen molar-refractivity contribution in [3.05, 3.63) is 11.1 Å². The zero-order valence-electron chi connectivity index (χ0n) is 9.20. The number of aliphatic hydroxyl groups is 2. The Morgan fingerprint density at radius 1 is 1.00 bits per heavy atom. The summed E-state index contributed by atoms with van der Waals surface area (Å²) in [4.78, 5) is 10.8. The van der Waals surface area contributed by atoms with Gasteiger partial charge in [0, 0.05) is 18.8 Å². The molecule has 4 heteroatoms. The minimum Gasteiger partial charge on any atom is -0.478 e. The Kier molecular flexibility index (Phi) is 7.95. The summed E-state index contributed by atoms with van der Waals surface area (Å²) in [6.07, 6.45) is 3.40. The summed E-state index contributed by atoms with van der Waals surface area (Å²) in [5, 5.41) is 26.2. The van der Waals surface area contributed by atoms with Crippen LogP contribution < -0.4 is 0 Å². The smallest absolute Gasteiger partial charge is 0.331 e. The molecule has 0 heterocycles. The van der Waals surface area contributed by atoms with Crippen LogP contribution in [0.5, 0.6) is 0 Å². The van der Waals surface area contributed by atoms with Crippen LogP contribution in [0.25, 0.3) is 0 Å². The molecule has 0 radical (unpaired) electrons. The molecule has 0 bridgehead atoms. The van der Waals surface area contributed by atoms with Gasteiger partial charge in [0.25, 0.3) is 0 Å². The fraction of sp³-hybridized carbons (Fsp3) is 0.727.